The summed E-state index contributed by atoms with van der Waals surface area (Å²) < 4.78 is 55.5. The highest BCUT2D eigenvalue weighted by Crippen LogP contribution is 2.32. The number of halogens is 3. The van der Waals surface area contributed by atoms with Crippen LogP contribution >= 0.6 is 0 Å². The minimum atomic E-state index is -4.47. The number of alkyl halides is 3. The van der Waals surface area contributed by atoms with Crippen LogP contribution in [0.1, 0.15) is 11.3 Å². The van der Waals surface area contributed by atoms with Gasteiger partial charge in [0.1, 0.15) is 41.9 Å². The number of phenols is 1. The average Bonchev–Trinajstić information content (AvgIpc) is 3.32. The number of aromatic nitrogens is 1. The topological polar surface area (TPSA) is 85.7 Å². The number of nitrogens with zero attached hydrogens (tertiary/aromatic N) is 1. The normalized spacial score (nSPS) is 11.6. The molecule has 0 unspecified atom stereocenters. The maximum atomic E-state index is 12.9. The lowest BCUT2D eigenvalue weighted by Crippen LogP contribution is -2.05. The van der Waals surface area contributed by atoms with Gasteiger partial charge >= 0.3 is 6.18 Å². The SMILES string of the molecule is O=c1c(-c2ccc(O)cc2)coc2cc(OCc3coc(-c4cccc(C(F)(F)F)c4)n3)ccc12. The van der Waals surface area contributed by atoms with Crippen LogP contribution in [0.15, 0.2) is 92.9 Å². The number of hydrogen-bond acceptors (Lipinski definition) is 6. The van der Waals surface area contributed by atoms with Gasteiger partial charge in [-0.25, -0.2) is 4.98 Å². The molecule has 3 aromatic carbocycles. The summed E-state index contributed by atoms with van der Waals surface area (Å²) >= 11 is 0. The van der Waals surface area contributed by atoms with E-state index in [1.807, 2.05) is 0 Å². The van der Waals surface area contributed by atoms with Gasteiger partial charge in [-0.1, -0.05) is 18.2 Å². The first-order chi connectivity index (χ1) is 16.8. The summed E-state index contributed by atoms with van der Waals surface area (Å²) in [7, 11) is 0. The Bertz CT molecular complexity index is 1570. The van der Waals surface area contributed by atoms with Crippen LogP contribution in [0, 0.1) is 0 Å². The molecule has 0 aliphatic rings. The van der Waals surface area contributed by atoms with Crippen LogP contribution in [0.3, 0.4) is 0 Å². The zero-order valence-electron chi connectivity index (χ0n) is 17.9. The van der Waals surface area contributed by atoms with E-state index in [-0.39, 0.29) is 29.2 Å². The summed E-state index contributed by atoms with van der Waals surface area (Å²) in [5.41, 5.74) is 0.838. The van der Waals surface area contributed by atoms with E-state index in [0.717, 1.165) is 12.1 Å². The zero-order valence-corrected chi connectivity index (χ0v) is 17.9. The van der Waals surface area contributed by atoms with Crippen molar-refractivity contribution in [3.05, 3.63) is 101 Å². The Hall–Kier alpha value is -4.53. The van der Waals surface area contributed by atoms with Gasteiger partial charge in [-0.05, 0) is 48.0 Å². The molecule has 1 N–H and O–H groups in total. The maximum Gasteiger partial charge on any atom is 0.416 e. The number of hydrogen-bond donors (Lipinski definition) is 1. The standard InChI is InChI=1S/C26H16F3NO5/c27-26(28,29)17-3-1-2-16(10-17)25-30-18(13-35-25)12-33-20-8-9-21-23(11-20)34-14-22(24(21)32)15-4-6-19(31)7-5-15/h1-11,13-14,31H,12H2. The number of ether oxygens (including phenoxy) is 1. The van der Waals surface area contributed by atoms with Crippen molar-refractivity contribution in [2.45, 2.75) is 12.8 Å². The second-order valence-corrected chi connectivity index (χ2v) is 7.69. The summed E-state index contributed by atoms with van der Waals surface area (Å²) in [6.07, 6.45) is -1.81. The summed E-state index contributed by atoms with van der Waals surface area (Å²) in [6, 6.07) is 15.7. The summed E-state index contributed by atoms with van der Waals surface area (Å²) in [6.45, 7) is -0.0101. The van der Waals surface area contributed by atoms with E-state index in [4.69, 9.17) is 13.6 Å². The van der Waals surface area contributed by atoms with Crippen LogP contribution in [-0.2, 0) is 12.8 Å². The van der Waals surface area contributed by atoms with E-state index in [9.17, 15) is 23.1 Å². The molecule has 0 amide bonds. The van der Waals surface area contributed by atoms with Crippen LogP contribution in [0.4, 0.5) is 13.2 Å². The Morgan fingerprint density at radius 2 is 1.71 bits per heavy atom. The molecule has 0 saturated heterocycles. The summed E-state index contributed by atoms with van der Waals surface area (Å²) in [5.74, 6) is 0.539. The van der Waals surface area contributed by atoms with Gasteiger partial charge in [0.05, 0.1) is 16.5 Å². The number of aromatic hydroxyl groups is 1. The van der Waals surface area contributed by atoms with Crippen molar-refractivity contribution in [2.75, 3.05) is 0 Å². The molecule has 176 valence electrons. The molecule has 0 atom stereocenters. The van der Waals surface area contributed by atoms with E-state index in [1.165, 1.54) is 36.8 Å². The molecule has 5 rings (SSSR count). The van der Waals surface area contributed by atoms with E-state index >= 15 is 0 Å². The maximum absolute atomic E-state index is 12.9. The van der Waals surface area contributed by atoms with Gasteiger partial charge in [-0.2, -0.15) is 13.2 Å². The molecule has 35 heavy (non-hydrogen) atoms. The number of fused-ring (bicyclic) bond motifs is 1. The Kier molecular flexibility index (Phi) is 5.52. The van der Waals surface area contributed by atoms with Gasteiger partial charge in [-0.3, -0.25) is 4.79 Å². The first kappa shape index (κ1) is 22.3. The number of rotatable bonds is 5. The minimum Gasteiger partial charge on any atom is -0.508 e. The van der Waals surface area contributed by atoms with E-state index in [1.54, 1.807) is 30.3 Å². The third-order valence-electron chi connectivity index (χ3n) is 5.30. The third-order valence-corrected chi connectivity index (χ3v) is 5.30. The molecule has 0 radical (unpaired) electrons. The molecule has 2 aromatic heterocycles. The highest BCUT2D eigenvalue weighted by molar-refractivity contribution is 5.82. The second-order valence-electron chi connectivity index (χ2n) is 7.69. The highest BCUT2D eigenvalue weighted by Gasteiger charge is 2.30. The molecule has 9 heteroatoms. The number of oxazole rings is 1. The van der Waals surface area contributed by atoms with Crippen molar-refractivity contribution in [3.8, 4) is 34.1 Å². The van der Waals surface area contributed by atoms with Gasteiger partial charge in [0.25, 0.3) is 0 Å². The molecular weight excluding hydrogens is 463 g/mol. The fourth-order valence-corrected chi connectivity index (χ4v) is 3.53. The molecule has 0 aliphatic carbocycles. The molecule has 0 aliphatic heterocycles. The molecule has 0 saturated carbocycles. The van der Waals surface area contributed by atoms with E-state index in [2.05, 4.69) is 4.98 Å². The van der Waals surface area contributed by atoms with Crippen LogP contribution in [0.25, 0.3) is 33.6 Å². The van der Waals surface area contributed by atoms with Crippen molar-refractivity contribution in [3.63, 3.8) is 0 Å². The van der Waals surface area contributed by atoms with Gasteiger partial charge < -0.3 is 18.7 Å². The Labute approximate surface area is 195 Å². The fourth-order valence-electron chi connectivity index (χ4n) is 3.53. The van der Waals surface area contributed by atoms with Gasteiger partial charge in [0, 0.05) is 11.6 Å². The monoisotopic (exact) mass is 479 g/mol. The van der Waals surface area contributed by atoms with Crippen molar-refractivity contribution in [1.29, 1.82) is 0 Å². The lowest BCUT2D eigenvalue weighted by molar-refractivity contribution is -0.137. The third kappa shape index (κ3) is 4.61. The van der Waals surface area contributed by atoms with Crippen molar-refractivity contribution < 1.29 is 31.8 Å². The molecule has 6 nitrogen and oxygen atoms in total. The van der Waals surface area contributed by atoms with E-state index < -0.39 is 11.7 Å². The van der Waals surface area contributed by atoms with E-state index in [0.29, 0.717) is 33.5 Å². The lowest BCUT2D eigenvalue weighted by atomic mass is 10.1. The average molecular weight is 479 g/mol. The van der Waals surface area contributed by atoms with Crippen LogP contribution in [0.2, 0.25) is 0 Å². The quantitative estimate of drug-likeness (QED) is 0.313. The van der Waals surface area contributed by atoms with Gasteiger partial charge in [0.2, 0.25) is 5.89 Å². The predicted octanol–water partition coefficient (Wildman–Crippen LogP) is 6.42. The smallest absolute Gasteiger partial charge is 0.416 e. The predicted molar refractivity (Wildman–Crippen MR) is 121 cm³/mol. The summed E-state index contributed by atoms with van der Waals surface area (Å²) in [4.78, 5) is 17.1. The van der Waals surface area contributed by atoms with Gasteiger partial charge in [0.15, 0.2) is 5.43 Å². The van der Waals surface area contributed by atoms with Crippen molar-refractivity contribution in [2.24, 2.45) is 0 Å². The molecule has 5 aromatic rings. The van der Waals surface area contributed by atoms with Crippen molar-refractivity contribution in [1.82, 2.24) is 4.98 Å². The largest absolute Gasteiger partial charge is 0.508 e. The molecule has 0 fully saturated rings. The summed E-state index contributed by atoms with van der Waals surface area (Å²) in [5, 5.41) is 9.80. The zero-order chi connectivity index (χ0) is 24.6. The number of benzene rings is 3. The lowest BCUT2D eigenvalue weighted by Gasteiger charge is -2.07. The van der Waals surface area contributed by atoms with Gasteiger partial charge in [-0.15, -0.1) is 0 Å². The van der Waals surface area contributed by atoms with Crippen LogP contribution in [-0.4, -0.2) is 10.1 Å². The number of phenolic OH excluding ortho intramolecular Hbond substituents is 1. The Morgan fingerprint density at radius 1 is 0.914 bits per heavy atom. The first-order valence-corrected chi connectivity index (χ1v) is 10.4. The molecular formula is C26H16F3NO5. The molecule has 0 spiro atoms. The second kappa shape index (κ2) is 8.68. The minimum absolute atomic E-state index is 0.0101. The Balaban J connectivity index is 1.33. The molecule has 2 heterocycles. The Morgan fingerprint density at radius 3 is 2.49 bits per heavy atom. The van der Waals surface area contributed by atoms with Crippen LogP contribution in [0.5, 0.6) is 11.5 Å². The first-order valence-electron chi connectivity index (χ1n) is 10.4. The highest BCUT2D eigenvalue weighted by atomic mass is 19.4. The molecule has 0 bridgehead atoms. The van der Waals surface area contributed by atoms with Crippen LogP contribution < -0.4 is 10.2 Å². The fraction of sp³-hybridized carbons (Fsp3) is 0.0769. The van der Waals surface area contributed by atoms with Crippen molar-refractivity contribution >= 4 is 11.0 Å².